The van der Waals surface area contributed by atoms with Crippen molar-refractivity contribution in [2.45, 2.75) is 90.8 Å². The number of fused-ring (bicyclic) bond motifs is 1. The molecule has 0 radical (unpaired) electrons. The first-order chi connectivity index (χ1) is 25.4. The van der Waals surface area contributed by atoms with Crippen LogP contribution in [0.5, 0.6) is 0 Å². The van der Waals surface area contributed by atoms with Gasteiger partial charge >= 0.3 is 6.09 Å². The molecule has 0 saturated carbocycles. The molecule has 11 nitrogen and oxygen atoms in total. The van der Waals surface area contributed by atoms with Crippen molar-refractivity contribution in [3.05, 3.63) is 124 Å². The zero-order valence-electron chi connectivity index (χ0n) is 31.0. The second-order valence-corrected chi connectivity index (χ2v) is 15.6. The fraction of sp³-hybridized carbons (Fsp3) is 0.390. The van der Waals surface area contributed by atoms with E-state index in [-0.39, 0.29) is 24.1 Å². The molecule has 1 N–H and O–H groups in total. The summed E-state index contributed by atoms with van der Waals surface area (Å²) in [7, 11) is 0. The molecule has 12 heteroatoms. The highest BCUT2D eigenvalue weighted by Crippen LogP contribution is 2.30. The average Bonchev–Trinajstić information content (AvgIpc) is 3.86. The van der Waals surface area contributed by atoms with Gasteiger partial charge in [0.1, 0.15) is 5.60 Å². The van der Waals surface area contributed by atoms with E-state index in [1.807, 2.05) is 86.2 Å². The Balaban J connectivity index is 1.10. The van der Waals surface area contributed by atoms with Crippen LogP contribution in [-0.2, 0) is 30.8 Å². The van der Waals surface area contributed by atoms with Crippen LogP contribution in [0.15, 0.2) is 85.1 Å². The number of benzene rings is 3. The maximum absolute atomic E-state index is 14.5. The van der Waals surface area contributed by atoms with Crippen LogP contribution in [0.3, 0.4) is 0 Å². The van der Waals surface area contributed by atoms with Gasteiger partial charge in [0.15, 0.2) is 0 Å². The Morgan fingerprint density at radius 1 is 0.925 bits per heavy atom. The van der Waals surface area contributed by atoms with Gasteiger partial charge in [-0.1, -0.05) is 77.5 Å². The second-order valence-electron chi connectivity index (χ2n) is 15.2. The molecule has 0 spiro atoms. The number of hydrogen-bond acceptors (Lipinski definition) is 7. The molecular formula is C41H47ClN8O3. The Hall–Kier alpha value is -5.00. The summed E-state index contributed by atoms with van der Waals surface area (Å²) < 4.78 is 9.35. The van der Waals surface area contributed by atoms with Crippen molar-refractivity contribution in [1.82, 2.24) is 39.9 Å². The molecule has 5 aromatic rings. The third-order valence-electron chi connectivity index (χ3n) is 9.94. The molecule has 3 atom stereocenters. The zero-order valence-corrected chi connectivity index (χ0v) is 31.8. The van der Waals surface area contributed by atoms with Gasteiger partial charge in [-0.05, 0) is 87.9 Å². The van der Waals surface area contributed by atoms with E-state index in [1.54, 1.807) is 9.58 Å². The molecule has 4 heterocycles. The molecule has 2 amide bonds. The molecule has 3 aromatic carbocycles. The molecule has 1 saturated heterocycles. The number of ether oxygens (including phenoxy) is 1. The summed E-state index contributed by atoms with van der Waals surface area (Å²) in [5.74, 6) is -0.181. The fourth-order valence-electron chi connectivity index (χ4n) is 7.48. The molecule has 1 fully saturated rings. The van der Waals surface area contributed by atoms with Crippen LogP contribution in [0.1, 0.15) is 85.6 Å². The number of carbonyl (C=O) groups is 2. The largest absolute Gasteiger partial charge is 0.444 e. The maximum atomic E-state index is 14.5. The molecular weight excluding hydrogens is 688 g/mol. The molecule has 53 heavy (non-hydrogen) atoms. The van der Waals surface area contributed by atoms with E-state index in [1.165, 1.54) is 0 Å². The minimum Gasteiger partial charge on any atom is -0.444 e. The van der Waals surface area contributed by atoms with Crippen molar-refractivity contribution in [3.8, 4) is 11.1 Å². The van der Waals surface area contributed by atoms with Crippen LogP contribution in [0.2, 0.25) is 5.02 Å². The standard InChI is InChI=1S/C41H47ClN8O3/c1-27-22-47(40(52)53-41(3,4)5)23-28(2)49(27)25-34-24-48(46-44-34)26-35-37(36-15-10-20-50(36)45-35)39(51)43-38(30-16-18-33(42)19-17-30)32-14-9-13-31(21-32)29-11-7-6-8-12-29/h6-9,11-14,16-19,21,24,27-28,38H,10,15,20,22-23,25-26H2,1-5H3,(H,43,51)/t27-,28+,38?. The summed E-state index contributed by atoms with van der Waals surface area (Å²) in [6.45, 7) is 12.7. The Labute approximate surface area is 315 Å². The minimum atomic E-state index is -0.540. The summed E-state index contributed by atoms with van der Waals surface area (Å²) in [5, 5.41) is 17.9. The summed E-state index contributed by atoms with van der Waals surface area (Å²) in [4.78, 5) is 31.4. The Kier molecular flexibility index (Phi) is 10.4. The second kappa shape index (κ2) is 15.2. The van der Waals surface area contributed by atoms with Crippen molar-refractivity contribution in [2.24, 2.45) is 0 Å². The number of amides is 2. The molecule has 276 valence electrons. The number of carbonyl (C=O) groups excluding carboxylic acids is 2. The predicted octanol–water partition coefficient (Wildman–Crippen LogP) is 7.14. The Morgan fingerprint density at radius 2 is 1.64 bits per heavy atom. The van der Waals surface area contributed by atoms with E-state index in [4.69, 9.17) is 21.4 Å². The first-order valence-corrected chi connectivity index (χ1v) is 18.7. The number of aryl methyl sites for hydroxylation is 1. The molecule has 1 unspecified atom stereocenters. The van der Waals surface area contributed by atoms with E-state index < -0.39 is 11.6 Å². The van der Waals surface area contributed by atoms with E-state index in [9.17, 15) is 9.59 Å². The highest BCUT2D eigenvalue weighted by molar-refractivity contribution is 6.30. The quantitative estimate of drug-likeness (QED) is 0.172. The number of nitrogens with one attached hydrogen (secondary N) is 1. The third kappa shape index (κ3) is 8.31. The van der Waals surface area contributed by atoms with E-state index in [2.05, 4.69) is 58.6 Å². The van der Waals surface area contributed by atoms with Crippen LogP contribution in [0.25, 0.3) is 11.1 Å². The summed E-state index contributed by atoms with van der Waals surface area (Å²) in [5.41, 5.74) is 6.53. The van der Waals surface area contributed by atoms with Crippen molar-refractivity contribution < 1.29 is 14.3 Å². The summed E-state index contributed by atoms with van der Waals surface area (Å²) in [6.07, 6.45) is 3.36. The smallest absolute Gasteiger partial charge is 0.410 e. The summed E-state index contributed by atoms with van der Waals surface area (Å²) in [6, 6.07) is 25.9. The highest BCUT2D eigenvalue weighted by Gasteiger charge is 2.35. The third-order valence-corrected chi connectivity index (χ3v) is 10.2. The van der Waals surface area contributed by atoms with Gasteiger partial charge < -0.3 is 15.0 Å². The van der Waals surface area contributed by atoms with Crippen molar-refractivity contribution in [2.75, 3.05) is 13.1 Å². The lowest BCUT2D eigenvalue weighted by atomic mass is 9.94. The van der Waals surface area contributed by atoms with E-state index in [0.717, 1.165) is 53.0 Å². The van der Waals surface area contributed by atoms with Crippen LogP contribution < -0.4 is 5.32 Å². The monoisotopic (exact) mass is 734 g/mol. The van der Waals surface area contributed by atoms with E-state index >= 15 is 0 Å². The van der Waals surface area contributed by atoms with Gasteiger partial charge in [-0.25, -0.2) is 9.48 Å². The number of piperazine rings is 1. The van der Waals surface area contributed by atoms with Gasteiger partial charge in [-0.2, -0.15) is 5.10 Å². The number of nitrogens with zero attached hydrogens (tertiary/aromatic N) is 7. The lowest BCUT2D eigenvalue weighted by Crippen LogP contribution is -2.58. The SMILES string of the molecule is C[C@@H]1CN(C(=O)OC(C)(C)C)C[C@H](C)N1Cc1cn(Cc2nn3c(c2C(=O)NC(c2ccc(Cl)cc2)c2cccc(-c4ccccc4)c2)CCC3)nn1. The van der Waals surface area contributed by atoms with Gasteiger partial charge in [0.2, 0.25) is 0 Å². The zero-order chi connectivity index (χ0) is 37.3. The first-order valence-electron chi connectivity index (χ1n) is 18.3. The number of halogens is 1. The Bertz CT molecular complexity index is 2060. The van der Waals surface area contributed by atoms with Gasteiger partial charge in [-0.3, -0.25) is 14.4 Å². The number of hydrogen-bond donors (Lipinski definition) is 1. The molecule has 0 bridgehead atoms. The number of rotatable bonds is 9. The number of aromatic nitrogens is 5. The predicted molar refractivity (Wildman–Crippen MR) is 205 cm³/mol. The van der Waals surface area contributed by atoms with Gasteiger partial charge in [-0.15, -0.1) is 5.10 Å². The van der Waals surface area contributed by atoms with Crippen LogP contribution >= 0.6 is 11.6 Å². The van der Waals surface area contributed by atoms with Crippen LogP contribution in [0.4, 0.5) is 4.79 Å². The summed E-state index contributed by atoms with van der Waals surface area (Å²) >= 11 is 6.29. The lowest BCUT2D eigenvalue weighted by molar-refractivity contribution is -0.00997. The van der Waals surface area contributed by atoms with Gasteiger partial charge in [0, 0.05) is 43.3 Å². The normalized spacial score (nSPS) is 18.1. The molecule has 2 aliphatic rings. The lowest BCUT2D eigenvalue weighted by Gasteiger charge is -2.44. The van der Waals surface area contributed by atoms with Gasteiger partial charge in [0.25, 0.3) is 5.91 Å². The van der Waals surface area contributed by atoms with E-state index in [0.29, 0.717) is 42.5 Å². The minimum absolute atomic E-state index is 0.102. The van der Waals surface area contributed by atoms with Crippen LogP contribution in [0, 0.1) is 0 Å². The van der Waals surface area contributed by atoms with Crippen LogP contribution in [-0.4, -0.2) is 77.3 Å². The average molecular weight is 735 g/mol. The van der Waals surface area contributed by atoms with Crippen molar-refractivity contribution in [3.63, 3.8) is 0 Å². The van der Waals surface area contributed by atoms with Crippen molar-refractivity contribution in [1.29, 1.82) is 0 Å². The molecule has 2 aliphatic heterocycles. The fourth-order valence-corrected chi connectivity index (χ4v) is 7.60. The topological polar surface area (TPSA) is 110 Å². The van der Waals surface area contributed by atoms with Gasteiger partial charge in [0.05, 0.1) is 41.4 Å². The Morgan fingerprint density at radius 3 is 2.36 bits per heavy atom. The van der Waals surface area contributed by atoms with Crippen molar-refractivity contribution >= 4 is 23.6 Å². The molecule has 2 aromatic heterocycles. The molecule has 0 aliphatic carbocycles. The highest BCUT2D eigenvalue weighted by atomic mass is 35.5. The maximum Gasteiger partial charge on any atom is 0.410 e. The first kappa shape index (κ1) is 36.4. The molecule has 7 rings (SSSR count).